The summed E-state index contributed by atoms with van der Waals surface area (Å²) in [5.41, 5.74) is 0. The summed E-state index contributed by atoms with van der Waals surface area (Å²) in [6.07, 6.45) is 3.48. The van der Waals surface area contributed by atoms with Gasteiger partial charge in [0.15, 0.2) is 0 Å². The molecule has 0 bridgehead atoms. The standard InChI is InChI=1S/C7H6NS/c1-2-9-7-3-5-8-6-4-7/h1-6H. The minimum atomic E-state index is 1.12. The quantitative estimate of drug-likeness (QED) is 0.577. The highest BCUT2D eigenvalue weighted by atomic mass is 32.2. The molecule has 0 aliphatic rings. The predicted molar refractivity (Wildman–Crippen MR) is 39.0 cm³/mol. The minimum absolute atomic E-state index is 1.12. The van der Waals surface area contributed by atoms with Gasteiger partial charge >= 0.3 is 0 Å². The SMILES string of the molecule is [CH]=CSc1ccncc1. The maximum atomic E-state index is 5.18. The fourth-order valence-electron chi connectivity index (χ4n) is 0.495. The van der Waals surface area contributed by atoms with E-state index in [9.17, 15) is 0 Å². The van der Waals surface area contributed by atoms with Gasteiger partial charge in [-0.1, -0.05) is 18.3 Å². The minimum Gasteiger partial charge on any atom is -0.265 e. The molecule has 2 heteroatoms. The lowest BCUT2D eigenvalue weighted by atomic mass is 10.5. The number of rotatable bonds is 2. The van der Waals surface area contributed by atoms with Gasteiger partial charge < -0.3 is 0 Å². The van der Waals surface area contributed by atoms with Gasteiger partial charge in [0, 0.05) is 17.3 Å². The van der Waals surface area contributed by atoms with Crippen LogP contribution in [0.25, 0.3) is 0 Å². The molecule has 1 rings (SSSR count). The number of nitrogens with zero attached hydrogens (tertiary/aromatic N) is 1. The van der Waals surface area contributed by atoms with Crippen LogP contribution in [0.5, 0.6) is 0 Å². The van der Waals surface area contributed by atoms with Crippen LogP contribution >= 0.6 is 11.8 Å². The molecule has 0 aliphatic carbocycles. The van der Waals surface area contributed by atoms with Crippen molar-refractivity contribution in [3.05, 3.63) is 36.5 Å². The number of thioether (sulfide) groups is 1. The molecule has 45 valence electrons. The molecule has 0 spiro atoms. The molecule has 0 N–H and O–H groups in total. The first kappa shape index (κ1) is 6.36. The normalized spacial score (nSPS) is 8.89. The van der Waals surface area contributed by atoms with Crippen molar-refractivity contribution in [2.24, 2.45) is 0 Å². The van der Waals surface area contributed by atoms with Crippen LogP contribution in [0.2, 0.25) is 0 Å². The van der Waals surface area contributed by atoms with E-state index in [1.54, 1.807) is 17.8 Å². The fourth-order valence-corrected chi connectivity index (χ4v) is 0.931. The topological polar surface area (TPSA) is 12.9 Å². The molecule has 1 heterocycles. The molecule has 1 nitrogen and oxygen atoms in total. The first-order valence-electron chi connectivity index (χ1n) is 2.53. The van der Waals surface area contributed by atoms with Gasteiger partial charge in [-0.05, 0) is 17.5 Å². The van der Waals surface area contributed by atoms with E-state index < -0.39 is 0 Å². The van der Waals surface area contributed by atoms with Crippen LogP contribution in [0.4, 0.5) is 0 Å². The van der Waals surface area contributed by atoms with Crippen LogP contribution in [0, 0.1) is 6.58 Å². The Labute approximate surface area is 58.8 Å². The largest absolute Gasteiger partial charge is 0.265 e. The van der Waals surface area contributed by atoms with E-state index in [1.165, 1.54) is 11.8 Å². The van der Waals surface area contributed by atoms with Crippen molar-refractivity contribution >= 4 is 11.8 Å². The van der Waals surface area contributed by atoms with E-state index in [2.05, 4.69) is 4.98 Å². The first-order chi connectivity index (χ1) is 4.43. The maximum Gasteiger partial charge on any atom is 0.0279 e. The third-order valence-electron chi connectivity index (χ3n) is 0.854. The second kappa shape index (κ2) is 3.30. The molecule has 0 saturated carbocycles. The fraction of sp³-hybridized carbons (Fsp3) is 0. The van der Waals surface area contributed by atoms with Crippen LogP contribution in [0.3, 0.4) is 0 Å². The Morgan fingerprint density at radius 1 is 1.44 bits per heavy atom. The van der Waals surface area contributed by atoms with Gasteiger partial charge in [0.1, 0.15) is 0 Å². The van der Waals surface area contributed by atoms with Gasteiger partial charge in [-0.25, -0.2) is 0 Å². The lowest BCUT2D eigenvalue weighted by Crippen LogP contribution is -1.68. The van der Waals surface area contributed by atoms with Crippen molar-refractivity contribution in [2.45, 2.75) is 4.90 Å². The molecule has 0 aromatic carbocycles. The number of hydrogen-bond acceptors (Lipinski definition) is 2. The van der Waals surface area contributed by atoms with Gasteiger partial charge in [0.05, 0.1) is 0 Å². The molecular formula is C7H6NS. The third kappa shape index (κ3) is 1.90. The lowest BCUT2D eigenvalue weighted by Gasteiger charge is -1.89. The maximum absolute atomic E-state index is 5.18. The van der Waals surface area contributed by atoms with Crippen molar-refractivity contribution in [3.8, 4) is 0 Å². The Balaban J connectivity index is 2.72. The van der Waals surface area contributed by atoms with Crippen LogP contribution in [-0.2, 0) is 0 Å². The summed E-state index contributed by atoms with van der Waals surface area (Å²) in [6.45, 7) is 5.18. The zero-order valence-electron chi connectivity index (χ0n) is 4.82. The number of hydrogen-bond donors (Lipinski definition) is 0. The zero-order valence-corrected chi connectivity index (χ0v) is 5.64. The highest BCUT2D eigenvalue weighted by Crippen LogP contribution is 2.15. The van der Waals surface area contributed by atoms with Crippen LogP contribution in [0.15, 0.2) is 34.8 Å². The van der Waals surface area contributed by atoms with Gasteiger partial charge in [-0.3, -0.25) is 4.98 Å². The molecule has 1 aromatic heterocycles. The summed E-state index contributed by atoms with van der Waals surface area (Å²) in [6, 6.07) is 3.82. The second-order valence-electron chi connectivity index (χ2n) is 1.44. The van der Waals surface area contributed by atoms with Crippen LogP contribution in [0.1, 0.15) is 0 Å². The Bertz CT molecular complexity index is 183. The van der Waals surface area contributed by atoms with Crippen molar-refractivity contribution < 1.29 is 0 Å². The Kier molecular flexibility index (Phi) is 2.33. The van der Waals surface area contributed by atoms with E-state index in [0.29, 0.717) is 0 Å². The molecule has 0 unspecified atom stereocenters. The van der Waals surface area contributed by atoms with Crippen molar-refractivity contribution in [3.63, 3.8) is 0 Å². The van der Waals surface area contributed by atoms with Gasteiger partial charge in [0.25, 0.3) is 0 Å². The Hall–Kier alpha value is -0.760. The molecule has 0 saturated heterocycles. The molecular weight excluding hydrogens is 130 g/mol. The summed E-state index contributed by atoms with van der Waals surface area (Å²) in [4.78, 5) is 4.98. The molecule has 0 fully saturated rings. The summed E-state index contributed by atoms with van der Waals surface area (Å²) in [7, 11) is 0. The molecule has 0 atom stereocenters. The summed E-state index contributed by atoms with van der Waals surface area (Å²) < 4.78 is 0. The average Bonchev–Trinajstić information content (AvgIpc) is 1.91. The average molecular weight is 136 g/mol. The number of aromatic nitrogens is 1. The summed E-state index contributed by atoms with van der Waals surface area (Å²) in [5, 5.41) is 1.55. The molecule has 0 amide bonds. The first-order valence-corrected chi connectivity index (χ1v) is 3.41. The van der Waals surface area contributed by atoms with E-state index in [4.69, 9.17) is 6.58 Å². The highest BCUT2D eigenvalue weighted by molar-refractivity contribution is 8.02. The van der Waals surface area contributed by atoms with Gasteiger partial charge in [0.2, 0.25) is 0 Å². The monoisotopic (exact) mass is 136 g/mol. The Morgan fingerprint density at radius 3 is 2.67 bits per heavy atom. The van der Waals surface area contributed by atoms with Crippen LogP contribution < -0.4 is 0 Å². The molecule has 9 heavy (non-hydrogen) atoms. The van der Waals surface area contributed by atoms with Crippen molar-refractivity contribution in [1.29, 1.82) is 0 Å². The number of pyridine rings is 1. The van der Waals surface area contributed by atoms with Crippen LogP contribution in [-0.4, -0.2) is 4.98 Å². The van der Waals surface area contributed by atoms with E-state index in [1.807, 2.05) is 12.1 Å². The highest BCUT2D eigenvalue weighted by Gasteiger charge is 1.83. The van der Waals surface area contributed by atoms with Gasteiger partial charge in [-0.15, -0.1) is 0 Å². The van der Waals surface area contributed by atoms with Crippen molar-refractivity contribution in [1.82, 2.24) is 4.98 Å². The second-order valence-corrected chi connectivity index (χ2v) is 2.42. The zero-order chi connectivity index (χ0) is 6.53. The molecule has 1 radical (unpaired) electrons. The Morgan fingerprint density at radius 2 is 2.11 bits per heavy atom. The lowest BCUT2D eigenvalue weighted by molar-refractivity contribution is 1.27. The van der Waals surface area contributed by atoms with Gasteiger partial charge in [-0.2, -0.15) is 0 Å². The predicted octanol–water partition coefficient (Wildman–Crippen LogP) is 2.12. The van der Waals surface area contributed by atoms with Crippen molar-refractivity contribution in [2.75, 3.05) is 0 Å². The summed E-state index contributed by atoms with van der Waals surface area (Å²) in [5.74, 6) is 0. The smallest absolute Gasteiger partial charge is 0.0279 e. The van der Waals surface area contributed by atoms with E-state index in [0.717, 1.165) is 4.90 Å². The summed E-state index contributed by atoms with van der Waals surface area (Å²) >= 11 is 1.49. The molecule has 0 aliphatic heterocycles. The third-order valence-corrected chi connectivity index (χ3v) is 1.53. The van der Waals surface area contributed by atoms with E-state index >= 15 is 0 Å². The van der Waals surface area contributed by atoms with E-state index in [-0.39, 0.29) is 0 Å². The molecule has 1 aromatic rings.